The van der Waals surface area contributed by atoms with Gasteiger partial charge in [-0.1, -0.05) is 29.8 Å². The number of aliphatic hydroxyl groups is 1. The number of aromatic nitrogens is 1. The lowest BCUT2D eigenvalue weighted by Crippen LogP contribution is -2.56. The van der Waals surface area contributed by atoms with Crippen molar-refractivity contribution in [2.75, 3.05) is 16.4 Å². The number of nitrogens with zero attached hydrogens (tertiary/aromatic N) is 4. The second kappa shape index (κ2) is 12.0. The number of alkyl halides is 2. The first-order valence-corrected chi connectivity index (χ1v) is 14.2. The second-order valence-electron chi connectivity index (χ2n) is 11.3. The van der Waals surface area contributed by atoms with Crippen LogP contribution in [0.25, 0.3) is 0 Å². The Morgan fingerprint density at radius 1 is 1.22 bits per heavy atom. The molecule has 2 atom stereocenters. The van der Waals surface area contributed by atoms with Gasteiger partial charge in [0.05, 0.1) is 17.2 Å². The normalized spacial score (nSPS) is 18.4. The lowest BCUT2D eigenvalue weighted by molar-refractivity contribution is -0.133. The molecule has 1 aliphatic heterocycles. The molecule has 2 aromatic carbocycles. The zero-order chi connectivity index (χ0) is 32.7. The first-order chi connectivity index (χ1) is 21.2. The van der Waals surface area contributed by atoms with Crippen LogP contribution in [0, 0.1) is 17.1 Å². The van der Waals surface area contributed by atoms with E-state index in [0.717, 1.165) is 21.9 Å². The molecule has 1 saturated carbocycles. The number of amides is 3. The van der Waals surface area contributed by atoms with Gasteiger partial charge in [0, 0.05) is 41.4 Å². The molecule has 2 fully saturated rings. The molecule has 2 N–H and O–H groups in total. The van der Waals surface area contributed by atoms with Crippen molar-refractivity contribution in [1.29, 1.82) is 5.26 Å². The van der Waals surface area contributed by atoms with Gasteiger partial charge >= 0.3 is 6.09 Å². The van der Waals surface area contributed by atoms with Gasteiger partial charge in [0.25, 0.3) is 11.8 Å². The van der Waals surface area contributed by atoms with Crippen LogP contribution >= 0.6 is 11.6 Å². The smallest absolute Gasteiger partial charge is 0.416 e. The van der Waals surface area contributed by atoms with Crippen LogP contribution in [0.15, 0.2) is 60.8 Å². The predicted octanol–water partition coefficient (Wildman–Crippen LogP) is 4.99. The van der Waals surface area contributed by atoms with Crippen LogP contribution in [0.3, 0.4) is 0 Å². The Bertz CT molecular complexity index is 1700. The van der Waals surface area contributed by atoms with Crippen LogP contribution in [0.1, 0.15) is 49.4 Å². The fourth-order valence-corrected chi connectivity index (χ4v) is 5.48. The lowest BCUT2D eigenvalue weighted by Gasteiger charge is -2.39. The first-order valence-electron chi connectivity index (χ1n) is 13.8. The maximum absolute atomic E-state index is 15.2. The molecule has 1 aliphatic carbocycles. The van der Waals surface area contributed by atoms with E-state index in [1.807, 2.05) is 6.07 Å². The molecule has 2 heterocycles. The van der Waals surface area contributed by atoms with Crippen LogP contribution in [0.4, 0.5) is 29.5 Å². The Balaban J connectivity index is 1.68. The number of benzene rings is 2. The number of nitrogens with one attached hydrogen (secondary N) is 1. The zero-order valence-electron chi connectivity index (χ0n) is 24.0. The maximum atomic E-state index is 15.2. The highest BCUT2D eigenvalue weighted by atomic mass is 35.5. The molecule has 10 nitrogen and oxygen atoms in total. The maximum Gasteiger partial charge on any atom is 0.416 e. The van der Waals surface area contributed by atoms with Crippen LogP contribution in [0.5, 0.6) is 0 Å². The number of hydrogen-bond donors (Lipinski definition) is 2. The van der Waals surface area contributed by atoms with E-state index in [-0.39, 0.29) is 33.2 Å². The fraction of sp³-hybridized carbons (Fsp3) is 0.323. The van der Waals surface area contributed by atoms with E-state index in [0.29, 0.717) is 0 Å². The number of ether oxygens (including phenoxy) is 1. The Morgan fingerprint density at radius 3 is 2.58 bits per heavy atom. The number of carbonyl (C=O) groups excluding carboxylic acids is 3. The molecule has 3 amide bonds. The van der Waals surface area contributed by atoms with E-state index in [2.05, 4.69) is 10.3 Å². The van der Waals surface area contributed by atoms with Crippen LogP contribution in [0.2, 0.25) is 5.02 Å². The fourth-order valence-electron chi connectivity index (χ4n) is 5.24. The number of nitriles is 1. The minimum atomic E-state index is -2.97. The van der Waals surface area contributed by atoms with Gasteiger partial charge in [-0.2, -0.15) is 5.26 Å². The highest BCUT2D eigenvalue weighted by Crippen LogP contribution is 2.40. The number of anilines is 2. The van der Waals surface area contributed by atoms with Gasteiger partial charge in [0.2, 0.25) is 5.91 Å². The molecule has 0 radical (unpaired) electrons. The largest absolute Gasteiger partial charge is 0.446 e. The molecule has 1 unspecified atom stereocenters. The van der Waals surface area contributed by atoms with Crippen LogP contribution in [-0.2, 0) is 19.9 Å². The summed E-state index contributed by atoms with van der Waals surface area (Å²) in [5.41, 5.74) is -1.54. The lowest BCUT2D eigenvalue weighted by atomic mass is 9.87. The summed E-state index contributed by atoms with van der Waals surface area (Å²) in [6, 6.07) is 9.86. The molecule has 0 spiro atoms. The topological polar surface area (TPSA) is 136 Å². The summed E-state index contributed by atoms with van der Waals surface area (Å²) in [7, 11) is 0. The molecule has 0 bridgehead atoms. The molecule has 14 heteroatoms. The third kappa shape index (κ3) is 6.57. The highest BCUT2D eigenvalue weighted by molar-refractivity contribution is 6.31. The number of cyclic esters (lactones) is 1. The van der Waals surface area contributed by atoms with E-state index >= 15 is 4.39 Å². The summed E-state index contributed by atoms with van der Waals surface area (Å²) >= 11 is 6.52. The molecule has 5 rings (SSSR count). The summed E-state index contributed by atoms with van der Waals surface area (Å²) in [6.45, 7) is 2.28. The quantitative estimate of drug-likeness (QED) is 0.354. The third-order valence-electron chi connectivity index (χ3n) is 7.53. The van der Waals surface area contributed by atoms with Crippen LogP contribution in [-0.4, -0.2) is 52.6 Å². The SMILES string of the molecule is CC(C)(O)c1cc(F)cc(N(C(=O)[C@@H]2COC(=O)N2c2cc(C#N)ccn2)C(C(=O)NC2CC(F)(F)C2)c2ccccc2Cl)c1. The van der Waals surface area contributed by atoms with Crippen molar-refractivity contribution in [2.45, 2.75) is 56.3 Å². The highest BCUT2D eigenvalue weighted by Gasteiger charge is 2.49. The summed E-state index contributed by atoms with van der Waals surface area (Å²) in [5.74, 6) is -5.77. The minimum Gasteiger partial charge on any atom is -0.446 e. The molecule has 234 valence electrons. The summed E-state index contributed by atoms with van der Waals surface area (Å²) < 4.78 is 47.8. The average molecular weight is 642 g/mol. The van der Waals surface area contributed by atoms with Crippen molar-refractivity contribution in [3.63, 3.8) is 0 Å². The van der Waals surface area contributed by atoms with E-state index in [9.17, 15) is 33.5 Å². The van der Waals surface area contributed by atoms with Gasteiger partial charge in [0.1, 0.15) is 24.3 Å². The summed E-state index contributed by atoms with van der Waals surface area (Å²) in [4.78, 5) is 47.5. The number of pyridine rings is 1. The van der Waals surface area contributed by atoms with E-state index in [1.165, 1.54) is 50.4 Å². The molecule has 2 aliphatic rings. The molecule has 1 aromatic heterocycles. The molecule has 3 aromatic rings. The van der Waals surface area contributed by atoms with Crippen molar-refractivity contribution < 1.29 is 37.4 Å². The van der Waals surface area contributed by atoms with Gasteiger partial charge in [0.15, 0.2) is 6.04 Å². The van der Waals surface area contributed by atoms with Gasteiger partial charge in [-0.25, -0.2) is 27.8 Å². The third-order valence-corrected chi connectivity index (χ3v) is 7.87. The monoisotopic (exact) mass is 641 g/mol. The van der Waals surface area contributed by atoms with Gasteiger partial charge in [-0.3, -0.25) is 14.5 Å². The van der Waals surface area contributed by atoms with Gasteiger partial charge < -0.3 is 15.2 Å². The minimum absolute atomic E-state index is 0.0347. The van der Waals surface area contributed by atoms with Gasteiger partial charge in [-0.05, 0) is 55.8 Å². The van der Waals surface area contributed by atoms with Crippen molar-refractivity contribution in [3.8, 4) is 6.07 Å². The number of hydrogen-bond acceptors (Lipinski definition) is 7. The zero-order valence-corrected chi connectivity index (χ0v) is 24.8. The Hall–Kier alpha value is -4.67. The Kier molecular flexibility index (Phi) is 8.48. The van der Waals surface area contributed by atoms with E-state index in [4.69, 9.17) is 16.3 Å². The van der Waals surface area contributed by atoms with Crippen molar-refractivity contribution >= 4 is 41.0 Å². The average Bonchev–Trinajstić information content (AvgIpc) is 3.35. The Morgan fingerprint density at radius 2 is 1.93 bits per heavy atom. The van der Waals surface area contributed by atoms with Crippen molar-refractivity contribution in [3.05, 3.63) is 88.3 Å². The van der Waals surface area contributed by atoms with E-state index in [1.54, 1.807) is 12.1 Å². The summed E-state index contributed by atoms with van der Waals surface area (Å²) in [6.07, 6.45) is -0.952. The number of carbonyl (C=O) groups is 3. The predicted molar refractivity (Wildman–Crippen MR) is 156 cm³/mol. The molecular formula is C31H27ClF3N5O5. The molecule has 1 saturated heterocycles. The van der Waals surface area contributed by atoms with Crippen molar-refractivity contribution in [2.24, 2.45) is 0 Å². The van der Waals surface area contributed by atoms with E-state index < -0.39 is 72.8 Å². The second-order valence-corrected chi connectivity index (χ2v) is 11.7. The van der Waals surface area contributed by atoms with Gasteiger partial charge in [-0.15, -0.1) is 0 Å². The van der Waals surface area contributed by atoms with Crippen LogP contribution < -0.4 is 15.1 Å². The first kappa shape index (κ1) is 31.7. The molecular weight excluding hydrogens is 615 g/mol. The molecule has 45 heavy (non-hydrogen) atoms. The summed E-state index contributed by atoms with van der Waals surface area (Å²) in [5, 5.41) is 22.7. The Labute approximate surface area is 261 Å². The standard InChI is InChI=1S/C31H27ClF3N5O5/c1-30(2,44)18-10-19(33)12-21(11-18)39(28(42)24-16-45-29(43)40(24)25-9-17(15-36)7-8-37-25)26(22-5-3-4-6-23(22)32)27(41)38-20-13-31(34,35)14-20/h3-12,20,24,26,44H,13-14,16H2,1-2H3,(H,38,41)/t24-,26?/m0/s1. The number of rotatable bonds is 8. The van der Waals surface area contributed by atoms with Crippen molar-refractivity contribution in [1.82, 2.24) is 10.3 Å². The number of halogens is 4.